The molecule has 0 radical (unpaired) electrons. The highest BCUT2D eigenvalue weighted by Crippen LogP contribution is 2.15. The van der Waals surface area contributed by atoms with E-state index in [4.69, 9.17) is 10.5 Å². The lowest BCUT2D eigenvalue weighted by molar-refractivity contribution is 0.301. The summed E-state index contributed by atoms with van der Waals surface area (Å²) in [5.41, 5.74) is 8.95. The van der Waals surface area contributed by atoms with Crippen molar-refractivity contribution in [1.29, 1.82) is 0 Å². The fourth-order valence-electron chi connectivity index (χ4n) is 1.97. The Morgan fingerprint density at radius 3 is 2.74 bits per heavy atom. The third kappa shape index (κ3) is 4.38. The van der Waals surface area contributed by atoms with Crippen molar-refractivity contribution < 1.29 is 4.74 Å². The number of hydrogen-bond acceptors (Lipinski definition) is 3. The first-order valence-corrected chi connectivity index (χ1v) is 6.53. The third-order valence-corrected chi connectivity index (χ3v) is 2.79. The molecule has 0 saturated carbocycles. The van der Waals surface area contributed by atoms with Crippen LogP contribution in [0.5, 0.6) is 5.75 Å². The molecule has 100 valence electrons. The molecule has 0 spiro atoms. The number of rotatable bonds is 5. The van der Waals surface area contributed by atoms with Crippen LogP contribution in [0.4, 0.5) is 0 Å². The van der Waals surface area contributed by atoms with E-state index in [1.165, 1.54) is 5.56 Å². The van der Waals surface area contributed by atoms with Crippen molar-refractivity contribution in [2.24, 2.45) is 5.73 Å². The van der Waals surface area contributed by atoms with E-state index in [1.807, 2.05) is 50.2 Å². The van der Waals surface area contributed by atoms with Crippen LogP contribution in [0.25, 0.3) is 0 Å². The Kier molecular flexibility index (Phi) is 4.53. The van der Waals surface area contributed by atoms with Gasteiger partial charge in [0.2, 0.25) is 0 Å². The van der Waals surface area contributed by atoms with Gasteiger partial charge < -0.3 is 10.5 Å². The summed E-state index contributed by atoms with van der Waals surface area (Å²) in [5, 5.41) is 0. The molecule has 3 heteroatoms. The van der Waals surface area contributed by atoms with Gasteiger partial charge in [-0.1, -0.05) is 18.2 Å². The summed E-state index contributed by atoms with van der Waals surface area (Å²) in [6, 6.07) is 14.2. The molecule has 2 N–H and O–H groups in total. The van der Waals surface area contributed by atoms with Crippen LogP contribution in [-0.2, 0) is 13.0 Å². The largest absolute Gasteiger partial charge is 0.487 e. The Balaban J connectivity index is 1.99. The van der Waals surface area contributed by atoms with Crippen LogP contribution in [0.2, 0.25) is 0 Å². The SMILES string of the molecule is Cc1cccc(COc2cccc(CC(C)N)c2)n1. The minimum absolute atomic E-state index is 0.161. The molecule has 0 saturated heterocycles. The lowest BCUT2D eigenvalue weighted by Crippen LogP contribution is -2.17. The molecule has 0 aliphatic carbocycles. The van der Waals surface area contributed by atoms with Gasteiger partial charge in [0.1, 0.15) is 12.4 Å². The van der Waals surface area contributed by atoms with Gasteiger partial charge in [0.15, 0.2) is 0 Å². The average Bonchev–Trinajstić information content (AvgIpc) is 2.36. The molecular weight excluding hydrogens is 236 g/mol. The number of ether oxygens (including phenoxy) is 1. The zero-order valence-electron chi connectivity index (χ0n) is 11.5. The van der Waals surface area contributed by atoms with Gasteiger partial charge in [0.25, 0.3) is 0 Å². The first-order valence-electron chi connectivity index (χ1n) is 6.53. The Morgan fingerprint density at radius 1 is 1.21 bits per heavy atom. The fourth-order valence-corrected chi connectivity index (χ4v) is 1.97. The standard InChI is InChI=1S/C16H20N2O/c1-12(17)9-14-6-4-8-16(10-14)19-11-15-7-3-5-13(2)18-15/h3-8,10,12H,9,11,17H2,1-2H3. The Labute approximate surface area is 114 Å². The number of benzene rings is 1. The number of pyridine rings is 1. The lowest BCUT2D eigenvalue weighted by atomic mass is 10.1. The summed E-state index contributed by atoms with van der Waals surface area (Å²) < 4.78 is 5.77. The van der Waals surface area contributed by atoms with Gasteiger partial charge in [-0.2, -0.15) is 0 Å². The summed E-state index contributed by atoms with van der Waals surface area (Å²) in [6.07, 6.45) is 0.861. The second-order valence-corrected chi connectivity index (χ2v) is 4.89. The zero-order valence-corrected chi connectivity index (χ0v) is 11.5. The third-order valence-electron chi connectivity index (χ3n) is 2.79. The van der Waals surface area contributed by atoms with E-state index in [9.17, 15) is 0 Å². The lowest BCUT2D eigenvalue weighted by Gasteiger charge is -2.09. The molecule has 1 atom stereocenters. The molecular formula is C16H20N2O. The molecule has 19 heavy (non-hydrogen) atoms. The van der Waals surface area contributed by atoms with Gasteiger partial charge in [0.05, 0.1) is 5.69 Å². The van der Waals surface area contributed by atoms with E-state index in [-0.39, 0.29) is 6.04 Å². The molecule has 2 rings (SSSR count). The van der Waals surface area contributed by atoms with Gasteiger partial charge in [0, 0.05) is 11.7 Å². The van der Waals surface area contributed by atoms with Crippen molar-refractivity contribution in [1.82, 2.24) is 4.98 Å². The molecule has 1 unspecified atom stereocenters. The maximum atomic E-state index is 5.81. The molecule has 0 fully saturated rings. The van der Waals surface area contributed by atoms with Gasteiger partial charge in [-0.3, -0.25) is 4.98 Å². The van der Waals surface area contributed by atoms with E-state index in [1.54, 1.807) is 0 Å². The average molecular weight is 256 g/mol. The van der Waals surface area contributed by atoms with Crippen LogP contribution in [0.3, 0.4) is 0 Å². The topological polar surface area (TPSA) is 48.1 Å². The molecule has 1 aromatic heterocycles. The molecule has 0 bridgehead atoms. The normalized spacial score (nSPS) is 12.2. The molecule has 3 nitrogen and oxygen atoms in total. The second kappa shape index (κ2) is 6.34. The summed E-state index contributed by atoms with van der Waals surface area (Å²) in [7, 11) is 0. The highest BCUT2D eigenvalue weighted by Gasteiger charge is 2.01. The predicted octanol–water partition coefficient (Wildman–Crippen LogP) is 2.86. The van der Waals surface area contributed by atoms with Crippen LogP contribution < -0.4 is 10.5 Å². The van der Waals surface area contributed by atoms with Crippen molar-refractivity contribution in [3.63, 3.8) is 0 Å². The van der Waals surface area contributed by atoms with E-state index < -0.39 is 0 Å². The van der Waals surface area contributed by atoms with Crippen LogP contribution >= 0.6 is 0 Å². The minimum atomic E-state index is 0.161. The van der Waals surface area contributed by atoms with Crippen LogP contribution in [0.1, 0.15) is 23.9 Å². The molecule has 0 aliphatic heterocycles. The van der Waals surface area contributed by atoms with Crippen LogP contribution in [-0.4, -0.2) is 11.0 Å². The second-order valence-electron chi connectivity index (χ2n) is 4.89. The van der Waals surface area contributed by atoms with Gasteiger partial charge >= 0.3 is 0 Å². The van der Waals surface area contributed by atoms with Crippen molar-refractivity contribution in [2.45, 2.75) is 32.9 Å². The van der Waals surface area contributed by atoms with Crippen molar-refractivity contribution in [2.75, 3.05) is 0 Å². The Morgan fingerprint density at radius 2 is 2.00 bits per heavy atom. The summed E-state index contributed by atoms with van der Waals surface area (Å²) in [6.45, 7) is 4.47. The van der Waals surface area contributed by atoms with E-state index in [0.717, 1.165) is 23.6 Å². The minimum Gasteiger partial charge on any atom is -0.487 e. The number of nitrogens with zero attached hydrogens (tertiary/aromatic N) is 1. The highest BCUT2D eigenvalue weighted by molar-refractivity contribution is 5.29. The summed E-state index contributed by atoms with van der Waals surface area (Å²) >= 11 is 0. The van der Waals surface area contributed by atoms with Crippen LogP contribution in [0.15, 0.2) is 42.5 Å². The number of hydrogen-bond donors (Lipinski definition) is 1. The Hall–Kier alpha value is -1.87. The van der Waals surface area contributed by atoms with Gasteiger partial charge in [-0.15, -0.1) is 0 Å². The van der Waals surface area contributed by atoms with Crippen molar-refractivity contribution in [3.05, 3.63) is 59.4 Å². The molecule has 1 aromatic carbocycles. The van der Waals surface area contributed by atoms with E-state index in [0.29, 0.717) is 6.61 Å². The fraction of sp³-hybridized carbons (Fsp3) is 0.312. The predicted molar refractivity (Wildman–Crippen MR) is 77.1 cm³/mol. The van der Waals surface area contributed by atoms with E-state index in [2.05, 4.69) is 11.1 Å². The molecule has 1 heterocycles. The summed E-state index contributed by atoms with van der Waals surface area (Å²) in [5.74, 6) is 0.862. The maximum Gasteiger partial charge on any atom is 0.130 e. The van der Waals surface area contributed by atoms with Crippen molar-refractivity contribution >= 4 is 0 Å². The molecule has 0 aliphatic rings. The smallest absolute Gasteiger partial charge is 0.130 e. The number of aryl methyl sites for hydroxylation is 1. The number of aromatic nitrogens is 1. The van der Waals surface area contributed by atoms with Gasteiger partial charge in [-0.25, -0.2) is 0 Å². The first-order chi connectivity index (χ1) is 9.13. The number of nitrogens with two attached hydrogens (primary N) is 1. The van der Waals surface area contributed by atoms with Gasteiger partial charge in [-0.05, 0) is 50.1 Å². The summed E-state index contributed by atoms with van der Waals surface area (Å²) in [4.78, 5) is 4.41. The van der Waals surface area contributed by atoms with Crippen LogP contribution in [0, 0.1) is 6.92 Å². The molecule has 2 aromatic rings. The zero-order chi connectivity index (χ0) is 13.7. The quantitative estimate of drug-likeness (QED) is 0.894. The highest BCUT2D eigenvalue weighted by atomic mass is 16.5. The first kappa shape index (κ1) is 13.6. The Bertz CT molecular complexity index is 538. The maximum absolute atomic E-state index is 5.81. The monoisotopic (exact) mass is 256 g/mol. The van der Waals surface area contributed by atoms with Crippen molar-refractivity contribution in [3.8, 4) is 5.75 Å². The molecule has 0 amide bonds. The van der Waals surface area contributed by atoms with E-state index >= 15 is 0 Å².